The summed E-state index contributed by atoms with van der Waals surface area (Å²) in [5.41, 5.74) is 1.70. The lowest BCUT2D eigenvalue weighted by Gasteiger charge is -2.05. The van der Waals surface area contributed by atoms with Crippen molar-refractivity contribution < 1.29 is 8.42 Å². The van der Waals surface area contributed by atoms with Gasteiger partial charge in [0, 0.05) is 12.1 Å². The van der Waals surface area contributed by atoms with Crippen LogP contribution in [0.15, 0.2) is 27.6 Å². The first kappa shape index (κ1) is 14.7. The van der Waals surface area contributed by atoms with Gasteiger partial charge in [-0.15, -0.1) is 0 Å². The van der Waals surface area contributed by atoms with Crippen LogP contribution in [0.5, 0.6) is 0 Å². The maximum atomic E-state index is 10.8. The number of benzene rings is 1. The van der Waals surface area contributed by atoms with E-state index in [4.69, 9.17) is 11.6 Å². The van der Waals surface area contributed by atoms with Gasteiger partial charge in [0.25, 0.3) is 10.0 Å². The topological polar surface area (TPSA) is 62.1 Å². The van der Waals surface area contributed by atoms with E-state index in [-0.39, 0.29) is 0 Å². The van der Waals surface area contributed by atoms with Crippen molar-refractivity contribution in [2.75, 3.05) is 13.3 Å². The van der Waals surface area contributed by atoms with Crippen LogP contribution in [0, 0.1) is 6.92 Å². The second kappa shape index (κ2) is 5.97. The third-order valence-corrected chi connectivity index (χ3v) is 2.67. The van der Waals surface area contributed by atoms with Crippen molar-refractivity contribution >= 4 is 40.0 Å². The first-order chi connectivity index (χ1) is 8.28. The molecule has 0 spiro atoms. The quantitative estimate of drug-likeness (QED) is 0.630. The molecule has 0 unspecified atom stereocenters. The van der Waals surface area contributed by atoms with E-state index in [1.54, 1.807) is 25.2 Å². The van der Waals surface area contributed by atoms with Crippen LogP contribution >= 0.6 is 11.6 Å². The van der Waals surface area contributed by atoms with Gasteiger partial charge < -0.3 is 4.90 Å². The number of aliphatic imine (C=N–C) groups is 1. The highest BCUT2D eigenvalue weighted by Crippen LogP contribution is 2.21. The Morgan fingerprint density at radius 3 is 2.56 bits per heavy atom. The van der Waals surface area contributed by atoms with Gasteiger partial charge in [-0.05, 0) is 30.7 Å². The lowest BCUT2D eigenvalue weighted by molar-refractivity contribution is 0.603. The Kier molecular flexibility index (Phi) is 4.86. The largest absolute Gasteiger partial charge is 0.326 e. The fraction of sp³-hybridized carbons (Fsp3) is 0.273. The predicted molar refractivity (Wildman–Crippen MR) is 75.4 cm³/mol. The minimum absolute atomic E-state index is 0.651. The molecule has 0 N–H and O–H groups in total. The third-order valence-electron chi connectivity index (χ3n) is 1.96. The molecule has 1 aromatic carbocycles. The van der Waals surface area contributed by atoms with Gasteiger partial charge in [-0.1, -0.05) is 11.6 Å². The van der Waals surface area contributed by atoms with Gasteiger partial charge in [-0.25, -0.2) is 13.4 Å². The zero-order valence-corrected chi connectivity index (χ0v) is 11.9. The Hall–Kier alpha value is -1.40. The van der Waals surface area contributed by atoms with Crippen molar-refractivity contribution in [2.45, 2.75) is 6.92 Å². The summed E-state index contributed by atoms with van der Waals surface area (Å²) in [6.07, 6.45) is 3.69. The van der Waals surface area contributed by atoms with Crippen LogP contribution in [-0.2, 0) is 10.0 Å². The molecule has 1 aromatic rings. The molecule has 18 heavy (non-hydrogen) atoms. The standard InChI is InChI=1S/C11H14ClN3O2S/c1-9-6-10(12)4-5-11(9)13-7-15(2)8-14-18(3,16)17/h4-8H,1-3H3. The van der Waals surface area contributed by atoms with Gasteiger partial charge in [-0.3, -0.25) is 0 Å². The fourth-order valence-electron chi connectivity index (χ4n) is 1.11. The van der Waals surface area contributed by atoms with E-state index in [0.29, 0.717) is 5.02 Å². The Morgan fingerprint density at radius 1 is 1.33 bits per heavy atom. The molecule has 7 heteroatoms. The van der Waals surface area contributed by atoms with E-state index in [1.165, 1.54) is 17.6 Å². The minimum Gasteiger partial charge on any atom is -0.326 e. The van der Waals surface area contributed by atoms with E-state index in [0.717, 1.165) is 17.5 Å². The highest BCUT2D eigenvalue weighted by atomic mass is 35.5. The Morgan fingerprint density at radius 2 is 2.00 bits per heavy atom. The predicted octanol–water partition coefficient (Wildman–Crippen LogP) is 2.23. The number of aryl methyl sites for hydroxylation is 1. The fourth-order valence-corrected chi connectivity index (χ4v) is 1.65. The molecule has 98 valence electrons. The van der Waals surface area contributed by atoms with Crippen LogP contribution in [0.1, 0.15) is 5.56 Å². The zero-order valence-electron chi connectivity index (χ0n) is 10.3. The number of sulfonamides is 1. The third kappa shape index (κ3) is 5.29. The van der Waals surface area contributed by atoms with Crippen molar-refractivity contribution in [3.05, 3.63) is 28.8 Å². The van der Waals surface area contributed by atoms with Crippen molar-refractivity contribution in [1.82, 2.24) is 4.90 Å². The van der Waals surface area contributed by atoms with Crippen molar-refractivity contribution in [3.63, 3.8) is 0 Å². The molecule has 0 aliphatic carbocycles. The van der Waals surface area contributed by atoms with Gasteiger partial charge in [0.1, 0.15) is 6.34 Å². The van der Waals surface area contributed by atoms with Gasteiger partial charge in [-0.2, -0.15) is 4.40 Å². The lowest BCUT2D eigenvalue weighted by Crippen LogP contribution is -2.14. The number of hydrogen-bond acceptors (Lipinski definition) is 3. The Labute approximate surface area is 112 Å². The highest BCUT2D eigenvalue weighted by molar-refractivity contribution is 7.89. The maximum absolute atomic E-state index is 10.8. The van der Waals surface area contributed by atoms with Crippen LogP contribution in [0.25, 0.3) is 0 Å². The van der Waals surface area contributed by atoms with Crippen molar-refractivity contribution in [1.29, 1.82) is 0 Å². The van der Waals surface area contributed by atoms with E-state index >= 15 is 0 Å². The summed E-state index contributed by atoms with van der Waals surface area (Å²) in [6.45, 7) is 1.89. The molecule has 0 aliphatic heterocycles. The molecule has 1 rings (SSSR count). The lowest BCUT2D eigenvalue weighted by atomic mass is 10.2. The first-order valence-corrected chi connectivity index (χ1v) is 7.28. The van der Waals surface area contributed by atoms with E-state index in [1.807, 2.05) is 6.92 Å². The summed E-state index contributed by atoms with van der Waals surface area (Å²) in [5, 5.41) is 0.651. The number of halogens is 1. The molecule has 0 saturated carbocycles. The van der Waals surface area contributed by atoms with Crippen LogP contribution in [0.4, 0.5) is 5.69 Å². The van der Waals surface area contributed by atoms with Crippen molar-refractivity contribution in [2.24, 2.45) is 9.39 Å². The normalized spacial score (nSPS) is 12.4. The molecule has 0 atom stereocenters. The number of hydrogen-bond donors (Lipinski definition) is 0. The second-order valence-electron chi connectivity index (χ2n) is 3.79. The Balaban J connectivity index is 2.78. The van der Waals surface area contributed by atoms with E-state index in [2.05, 4.69) is 9.39 Å². The average molecular weight is 288 g/mol. The summed E-state index contributed by atoms with van der Waals surface area (Å²) in [4.78, 5) is 5.66. The molecule has 0 amide bonds. The van der Waals surface area contributed by atoms with Crippen LogP contribution < -0.4 is 0 Å². The minimum atomic E-state index is -3.37. The molecule has 0 radical (unpaired) electrons. The van der Waals surface area contributed by atoms with Gasteiger partial charge in [0.15, 0.2) is 0 Å². The highest BCUT2D eigenvalue weighted by Gasteiger charge is 1.97. The Bertz CT molecular complexity index is 582. The monoisotopic (exact) mass is 287 g/mol. The first-order valence-electron chi connectivity index (χ1n) is 5.05. The molecule has 0 fully saturated rings. The van der Waals surface area contributed by atoms with Gasteiger partial charge in [0.05, 0.1) is 18.3 Å². The van der Waals surface area contributed by atoms with E-state index < -0.39 is 10.0 Å². The van der Waals surface area contributed by atoms with Gasteiger partial charge in [0.2, 0.25) is 0 Å². The van der Waals surface area contributed by atoms with Crippen LogP contribution in [0.3, 0.4) is 0 Å². The summed E-state index contributed by atoms with van der Waals surface area (Å²) >= 11 is 5.83. The second-order valence-corrected chi connectivity index (χ2v) is 5.91. The smallest absolute Gasteiger partial charge is 0.251 e. The molecule has 0 heterocycles. The van der Waals surface area contributed by atoms with Crippen LogP contribution in [-0.4, -0.2) is 39.3 Å². The molecule has 5 nitrogen and oxygen atoms in total. The van der Waals surface area contributed by atoms with Gasteiger partial charge >= 0.3 is 0 Å². The molecular formula is C11H14ClN3O2S. The summed E-state index contributed by atoms with van der Waals surface area (Å²) in [5.74, 6) is 0. The molecule has 0 aliphatic rings. The van der Waals surface area contributed by atoms with E-state index in [9.17, 15) is 8.42 Å². The van der Waals surface area contributed by atoms with Crippen molar-refractivity contribution in [3.8, 4) is 0 Å². The average Bonchev–Trinajstić information content (AvgIpc) is 2.24. The summed E-state index contributed by atoms with van der Waals surface area (Å²) in [7, 11) is -1.72. The molecule has 0 aromatic heterocycles. The molecule has 0 bridgehead atoms. The van der Waals surface area contributed by atoms with Crippen LogP contribution in [0.2, 0.25) is 5.02 Å². The summed E-state index contributed by atoms with van der Waals surface area (Å²) < 4.78 is 25.0. The molecule has 0 saturated heterocycles. The molecular weight excluding hydrogens is 274 g/mol. The number of rotatable bonds is 4. The SMILES string of the molecule is Cc1cc(Cl)ccc1N=CN(C)C=NS(C)(=O)=O. The maximum Gasteiger partial charge on any atom is 0.251 e. The number of nitrogens with zero attached hydrogens (tertiary/aromatic N) is 3. The summed E-state index contributed by atoms with van der Waals surface area (Å²) in [6, 6.07) is 5.33. The zero-order chi connectivity index (χ0) is 13.8.